The largest absolute Gasteiger partial charge is 0.417 e. The number of hydrogen-bond donors (Lipinski definition) is 2. The molecule has 1 amide bonds. The molecule has 1 heterocycles. The van der Waals surface area contributed by atoms with Gasteiger partial charge in [0.2, 0.25) is 0 Å². The lowest BCUT2D eigenvalue weighted by atomic mass is 9.61. The van der Waals surface area contributed by atoms with Gasteiger partial charge in [-0.2, -0.15) is 0 Å². The third kappa shape index (κ3) is 4.51. The number of nitrogens with zero attached hydrogens (tertiary/aromatic N) is 1. The first kappa shape index (κ1) is 22.4. The van der Waals surface area contributed by atoms with Crippen LogP contribution in [0, 0.1) is 11.8 Å². The molecule has 4 unspecified atom stereocenters. The molecule has 3 aliphatic rings. The molecule has 0 aromatic heterocycles. The molecule has 2 saturated carbocycles. The number of fused-ring (bicyclic) bond motifs is 2. The van der Waals surface area contributed by atoms with Crippen molar-refractivity contribution in [1.29, 1.82) is 0 Å². The van der Waals surface area contributed by atoms with Crippen molar-refractivity contribution in [3.05, 3.63) is 48.0 Å². The molecular formula is C27H34N2O4. The van der Waals surface area contributed by atoms with Crippen molar-refractivity contribution in [2.75, 3.05) is 26.2 Å². The zero-order chi connectivity index (χ0) is 22.8. The lowest BCUT2D eigenvalue weighted by Crippen LogP contribution is -2.50. The van der Waals surface area contributed by atoms with E-state index in [9.17, 15) is 14.7 Å². The molecule has 2 aromatic carbocycles. The quantitative estimate of drug-likeness (QED) is 0.541. The molecule has 2 N–H and O–H groups in total. The maximum atomic E-state index is 13.7. The summed E-state index contributed by atoms with van der Waals surface area (Å²) in [7, 11) is 0. The fourth-order valence-electron chi connectivity index (χ4n) is 6.38. The maximum Gasteiger partial charge on any atom is 0.417 e. The summed E-state index contributed by atoms with van der Waals surface area (Å²) in [5.41, 5.74) is -0.466. The predicted molar refractivity (Wildman–Crippen MR) is 127 cm³/mol. The van der Waals surface area contributed by atoms with Gasteiger partial charge in [-0.15, -0.1) is 0 Å². The van der Waals surface area contributed by atoms with Gasteiger partial charge in [0.05, 0.1) is 5.60 Å². The van der Waals surface area contributed by atoms with Crippen molar-refractivity contribution in [1.82, 2.24) is 10.2 Å². The number of nitrogens with one attached hydrogen (secondary N) is 1. The van der Waals surface area contributed by atoms with Crippen LogP contribution in [0.15, 0.2) is 42.5 Å². The highest BCUT2D eigenvalue weighted by atomic mass is 16.6. The van der Waals surface area contributed by atoms with Crippen LogP contribution >= 0.6 is 0 Å². The van der Waals surface area contributed by atoms with Crippen molar-refractivity contribution >= 4 is 22.8 Å². The molecule has 1 aliphatic heterocycles. The fraction of sp³-hybridized carbons (Fsp3) is 0.556. The SMILES string of the molecule is O=C(OC(=O)N1CCNCC1)C(c1cccc2ccccc12)C1(O)CCC2CCCCC2C1. The van der Waals surface area contributed by atoms with Gasteiger partial charge in [-0.05, 0) is 47.4 Å². The monoisotopic (exact) mass is 450 g/mol. The van der Waals surface area contributed by atoms with Gasteiger partial charge in [-0.3, -0.25) is 4.79 Å². The standard InChI is InChI=1S/C27H34N2O4/c30-25(33-26(31)29-16-14-28-15-17-29)24(23-11-5-9-20-7-3-4-10-22(20)23)27(32)13-12-19-6-1-2-8-21(19)18-27/h3-5,7,9-11,19,21,24,28,32H,1-2,6,8,12-18H2. The second-order valence-electron chi connectivity index (χ2n) is 10.1. The number of ether oxygens (including phenoxy) is 1. The van der Waals surface area contributed by atoms with Gasteiger partial charge in [0, 0.05) is 26.2 Å². The minimum Gasteiger partial charge on any atom is -0.389 e. The molecule has 0 bridgehead atoms. The highest BCUT2D eigenvalue weighted by molar-refractivity contribution is 5.95. The molecule has 6 heteroatoms. The van der Waals surface area contributed by atoms with Gasteiger partial charge in [0.15, 0.2) is 0 Å². The Hall–Kier alpha value is -2.44. The Morgan fingerprint density at radius 2 is 1.73 bits per heavy atom. The average Bonchev–Trinajstić information content (AvgIpc) is 2.84. The summed E-state index contributed by atoms with van der Waals surface area (Å²) in [5.74, 6) is -0.470. The van der Waals surface area contributed by atoms with Crippen molar-refractivity contribution in [2.24, 2.45) is 11.8 Å². The van der Waals surface area contributed by atoms with E-state index >= 15 is 0 Å². The third-order valence-electron chi connectivity index (χ3n) is 8.10. The summed E-state index contributed by atoms with van der Waals surface area (Å²) < 4.78 is 5.47. The minimum absolute atomic E-state index is 0.423. The van der Waals surface area contributed by atoms with Crippen molar-refractivity contribution in [2.45, 2.75) is 56.5 Å². The van der Waals surface area contributed by atoms with Crippen LogP contribution in [0.5, 0.6) is 0 Å². The Labute approximate surface area is 195 Å². The number of carbonyl (C=O) groups excluding carboxylic acids is 2. The van der Waals surface area contributed by atoms with E-state index in [4.69, 9.17) is 4.74 Å². The van der Waals surface area contributed by atoms with Crippen LogP contribution in [0.25, 0.3) is 10.8 Å². The number of benzene rings is 2. The summed E-state index contributed by atoms with van der Waals surface area (Å²) in [6.45, 7) is 2.39. The number of piperazine rings is 1. The van der Waals surface area contributed by atoms with Crippen LogP contribution < -0.4 is 5.32 Å². The summed E-state index contributed by atoms with van der Waals surface area (Å²) in [5, 5.41) is 17.2. The van der Waals surface area contributed by atoms with Gasteiger partial charge in [0.1, 0.15) is 5.92 Å². The maximum absolute atomic E-state index is 13.7. The van der Waals surface area contributed by atoms with Crippen molar-refractivity contribution in [3.8, 4) is 0 Å². The van der Waals surface area contributed by atoms with Gasteiger partial charge >= 0.3 is 12.1 Å². The summed E-state index contributed by atoms with van der Waals surface area (Å²) >= 11 is 0. The molecule has 176 valence electrons. The molecule has 33 heavy (non-hydrogen) atoms. The van der Waals surface area contributed by atoms with E-state index in [0.717, 1.165) is 29.2 Å². The second kappa shape index (κ2) is 9.43. The Morgan fingerprint density at radius 1 is 1.00 bits per heavy atom. The summed E-state index contributed by atoms with van der Waals surface area (Å²) in [6, 6.07) is 13.8. The van der Waals surface area contributed by atoms with E-state index in [0.29, 0.717) is 50.9 Å². The Balaban J connectivity index is 1.49. The Kier molecular flexibility index (Phi) is 6.39. The molecule has 2 aromatic rings. The topological polar surface area (TPSA) is 78.9 Å². The smallest absolute Gasteiger partial charge is 0.389 e. The van der Waals surface area contributed by atoms with Crippen molar-refractivity contribution in [3.63, 3.8) is 0 Å². The highest BCUT2D eigenvalue weighted by Crippen LogP contribution is 2.50. The number of rotatable bonds is 3. The van der Waals surface area contributed by atoms with Crippen LogP contribution in [-0.4, -0.2) is 53.8 Å². The van der Waals surface area contributed by atoms with Crippen molar-refractivity contribution < 1.29 is 19.4 Å². The first-order valence-electron chi connectivity index (χ1n) is 12.5. The molecule has 2 aliphatic carbocycles. The van der Waals surface area contributed by atoms with Gasteiger partial charge in [0.25, 0.3) is 0 Å². The van der Waals surface area contributed by atoms with E-state index in [2.05, 4.69) is 5.32 Å². The second-order valence-corrected chi connectivity index (χ2v) is 10.1. The summed E-state index contributed by atoms with van der Waals surface area (Å²) in [4.78, 5) is 28.0. The van der Waals surface area contributed by atoms with E-state index in [1.807, 2.05) is 42.5 Å². The zero-order valence-corrected chi connectivity index (χ0v) is 19.2. The molecule has 3 fully saturated rings. The first-order chi connectivity index (χ1) is 16.0. The molecule has 1 saturated heterocycles. The molecule has 4 atom stereocenters. The normalized spacial score (nSPS) is 28.7. The number of hydrogen-bond acceptors (Lipinski definition) is 5. The van der Waals surface area contributed by atoms with Gasteiger partial charge in [-0.1, -0.05) is 68.1 Å². The number of esters is 1. The minimum atomic E-state index is -1.22. The average molecular weight is 451 g/mol. The van der Waals surface area contributed by atoms with Crippen LogP contribution in [0.2, 0.25) is 0 Å². The predicted octanol–water partition coefficient (Wildman–Crippen LogP) is 4.21. The Morgan fingerprint density at radius 3 is 2.55 bits per heavy atom. The number of carbonyl (C=O) groups is 2. The van der Waals surface area contributed by atoms with E-state index in [-0.39, 0.29) is 0 Å². The van der Waals surface area contributed by atoms with E-state index < -0.39 is 23.6 Å². The van der Waals surface area contributed by atoms with Crippen LogP contribution in [0.1, 0.15) is 56.4 Å². The lowest BCUT2D eigenvalue weighted by molar-refractivity contribution is -0.151. The van der Waals surface area contributed by atoms with E-state index in [1.54, 1.807) is 4.90 Å². The van der Waals surface area contributed by atoms with Crippen LogP contribution in [-0.2, 0) is 9.53 Å². The van der Waals surface area contributed by atoms with Crippen LogP contribution in [0.3, 0.4) is 0 Å². The van der Waals surface area contributed by atoms with Gasteiger partial charge < -0.3 is 20.1 Å². The molecule has 0 spiro atoms. The van der Waals surface area contributed by atoms with Gasteiger partial charge in [-0.25, -0.2) is 4.79 Å². The van der Waals surface area contributed by atoms with Crippen LogP contribution in [0.4, 0.5) is 4.79 Å². The summed E-state index contributed by atoms with van der Waals surface area (Å²) in [6.07, 6.45) is 6.20. The lowest BCUT2D eigenvalue weighted by Gasteiger charge is -2.46. The number of amides is 1. The third-order valence-corrected chi connectivity index (χ3v) is 8.10. The molecule has 0 radical (unpaired) electrons. The highest BCUT2D eigenvalue weighted by Gasteiger charge is 2.50. The number of aliphatic hydroxyl groups is 1. The Bertz CT molecular complexity index is 1010. The molecule has 6 nitrogen and oxygen atoms in total. The zero-order valence-electron chi connectivity index (χ0n) is 19.2. The molecule has 5 rings (SSSR count). The first-order valence-corrected chi connectivity index (χ1v) is 12.5. The molecular weight excluding hydrogens is 416 g/mol. The van der Waals surface area contributed by atoms with E-state index in [1.165, 1.54) is 19.3 Å². The fourth-order valence-corrected chi connectivity index (χ4v) is 6.38.